The highest BCUT2D eigenvalue weighted by Crippen LogP contribution is 2.27. The lowest BCUT2D eigenvalue weighted by atomic mass is 10.2. The Morgan fingerprint density at radius 3 is 2.42 bits per heavy atom. The van der Waals surface area contributed by atoms with Crippen LogP contribution in [-0.2, 0) is 4.79 Å². The van der Waals surface area contributed by atoms with Gasteiger partial charge in [-0.05, 0) is 42.5 Å². The number of benzene rings is 1. The second-order valence-corrected chi connectivity index (χ2v) is 4.67. The van der Waals surface area contributed by atoms with Gasteiger partial charge in [-0.15, -0.1) is 0 Å². The van der Waals surface area contributed by atoms with E-state index < -0.39 is 0 Å². The van der Waals surface area contributed by atoms with Gasteiger partial charge in [-0.3, -0.25) is 4.79 Å². The first-order chi connectivity index (χ1) is 9.21. The minimum atomic E-state index is -0.0614. The minimum Gasteiger partial charge on any atom is -0.497 e. The molecule has 0 atom stereocenters. The number of amides is 1. The molecule has 4 heteroatoms. The van der Waals surface area contributed by atoms with E-state index in [1.165, 1.54) is 18.9 Å². The van der Waals surface area contributed by atoms with E-state index in [1.54, 1.807) is 26.4 Å². The highest BCUT2D eigenvalue weighted by Gasteiger charge is 2.20. The quantitative estimate of drug-likeness (QED) is 0.799. The molecule has 19 heavy (non-hydrogen) atoms. The molecule has 4 nitrogen and oxygen atoms in total. The summed E-state index contributed by atoms with van der Waals surface area (Å²) in [6.45, 7) is 0.782. The van der Waals surface area contributed by atoms with Crippen LogP contribution >= 0.6 is 0 Å². The molecule has 2 rings (SSSR count). The predicted octanol–water partition coefficient (Wildman–Crippen LogP) is 2.24. The van der Waals surface area contributed by atoms with E-state index in [2.05, 4.69) is 5.32 Å². The third kappa shape index (κ3) is 4.32. The molecule has 0 saturated heterocycles. The molecule has 0 spiro atoms. The average Bonchev–Trinajstić information content (AvgIpc) is 3.26. The van der Waals surface area contributed by atoms with Gasteiger partial charge in [0.05, 0.1) is 14.2 Å². The van der Waals surface area contributed by atoms with Gasteiger partial charge >= 0.3 is 0 Å². The molecule has 0 aliphatic heterocycles. The second kappa shape index (κ2) is 6.27. The summed E-state index contributed by atoms with van der Waals surface area (Å²) in [5.41, 5.74) is 0.873. The molecule has 1 aromatic rings. The number of hydrogen-bond donors (Lipinski definition) is 1. The monoisotopic (exact) mass is 261 g/mol. The lowest BCUT2D eigenvalue weighted by molar-refractivity contribution is -0.116. The van der Waals surface area contributed by atoms with Gasteiger partial charge in [0.2, 0.25) is 5.91 Å². The number of ether oxygens (including phenoxy) is 2. The van der Waals surface area contributed by atoms with Crippen molar-refractivity contribution >= 4 is 12.0 Å². The molecular formula is C15H19NO3. The van der Waals surface area contributed by atoms with E-state index in [0.29, 0.717) is 17.4 Å². The van der Waals surface area contributed by atoms with Crippen molar-refractivity contribution in [2.45, 2.75) is 12.8 Å². The molecule has 1 fully saturated rings. The summed E-state index contributed by atoms with van der Waals surface area (Å²) in [5, 5.41) is 2.88. The van der Waals surface area contributed by atoms with Gasteiger partial charge < -0.3 is 14.8 Å². The Kier molecular flexibility index (Phi) is 4.44. The van der Waals surface area contributed by atoms with Crippen LogP contribution in [0.5, 0.6) is 11.5 Å². The van der Waals surface area contributed by atoms with Crippen molar-refractivity contribution in [2.24, 2.45) is 5.92 Å². The first-order valence-corrected chi connectivity index (χ1v) is 6.40. The summed E-state index contributed by atoms with van der Waals surface area (Å²) in [5.74, 6) is 2.04. The maximum atomic E-state index is 11.6. The fourth-order valence-corrected chi connectivity index (χ4v) is 1.72. The van der Waals surface area contributed by atoms with Gasteiger partial charge in [0.15, 0.2) is 0 Å². The maximum absolute atomic E-state index is 11.6. The van der Waals surface area contributed by atoms with Crippen LogP contribution in [0, 0.1) is 5.92 Å². The van der Waals surface area contributed by atoms with Crippen LogP contribution in [0.25, 0.3) is 6.08 Å². The molecule has 1 aliphatic rings. The molecule has 1 aliphatic carbocycles. The van der Waals surface area contributed by atoms with Crippen LogP contribution in [-0.4, -0.2) is 26.7 Å². The van der Waals surface area contributed by atoms with Gasteiger partial charge in [0.25, 0.3) is 0 Å². The van der Waals surface area contributed by atoms with Crippen LogP contribution in [0.3, 0.4) is 0 Å². The summed E-state index contributed by atoms with van der Waals surface area (Å²) in [6, 6.07) is 5.50. The number of carbonyl (C=O) groups is 1. The molecule has 0 heterocycles. The predicted molar refractivity (Wildman–Crippen MR) is 74.3 cm³/mol. The van der Waals surface area contributed by atoms with Crippen molar-refractivity contribution in [3.8, 4) is 11.5 Å². The van der Waals surface area contributed by atoms with Gasteiger partial charge in [0.1, 0.15) is 11.5 Å². The van der Waals surface area contributed by atoms with E-state index in [4.69, 9.17) is 9.47 Å². The SMILES string of the molecule is COc1cc(/C=C\C(=O)NCC2CC2)cc(OC)c1. The topological polar surface area (TPSA) is 47.6 Å². The standard InChI is InChI=1S/C15H19NO3/c1-18-13-7-12(8-14(9-13)19-2)5-6-15(17)16-10-11-3-4-11/h5-9,11H,3-4,10H2,1-2H3,(H,16,17)/b6-5-. The Balaban J connectivity index is 1.97. The van der Waals surface area contributed by atoms with Crippen LogP contribution in [0.4, 0.5) is 0 Å². The Morgan fingerprint density at radius 1 is 1.26 bits per heavy atom. The summed E-state index contributed by atoms with van der Waals surface area (Å²) >= 11 is 0. The lowest BCUT2D eigenvalue weighted by Crippen LogP contribution is -2.23. The third-order valence-corrected chi connectivity index (χ3v) is 3.06. The highest BCUT2D eigenvalue weighted by atomic mass is 16.5. The van der Waals surface area contributed by atoms with Gasteiger partial charge in [0, 0.05) is 18.7 Å². The van der Waals surface area contributed by atoms with Crippen molar-refractivity contribution < 1.29 is 14.3 Å². The molecule has 0 bridgehead atoms. The minimum absolute atomic E-state index is 0.0614. The molecule has 0 radical (unpaired) electrons. The summed E-state index contributed by atoms with van der Waals surface area (Å²) in [7, 11) is 3.20. The molecule has 1 amide bonds. The smallest absolute Gasteiger partial charge is 0.244 e. The second-order valence-electron chi connectivity index (χ2n) is 4.67. The van der Waals surface area contributed by atoms with Crippen LogP contribution in [0.2, 0.25) is 0 Å². The number of rotatable bonds is 6. The van der Waals surface area contributed by atoms with Gasteiger partial charge in [-0.25, -0.2) is 0 Å². The zero-order chi connectivity index (χ0) is 13.7. The maximum Gasteiger partial charge on any atom is 0.244 e. The van der Waals surface area contributed by atoms with Crippen molar-refractivity contribution in [1.29, 1.82) is 0 Å². The number of nitrogens with one attached hydrogen (secondary N) is 1. The summed E-state index contributed by atoms with van der Waals surface area (Å²) < 4.78 is 10.4. The molecule has 1 saturated carbocycles. The van der Waals surface area contributed by atoms with E-state index in [1.807, 2.05) is 12.1 Å². The van der Waals surface area contributed by atoms with E-state index >= 15 is 0 Å². The van der Waals surface area contributed by atoms with E-state index in [-0.39, 0.29) is 5.91 Å². The number of carbonyl (C=O) groups excluding carboxylic acids is 1. The Bertz CT molecular complexity index is 456. The Labute approximate surface area is 113 Å². The van der Waals surface area contributed by atoms with Crippen molar-refractivity contribution in [1.82, 2.24) is 5.32 Å². The fraction of sp³-hybridized carbons (Fsp3) is 0.400. The Hall–Kier alpha value is -1.97. The third-order valence-electron chi connectivity index (χ3n) is 3.06. The van der Waals surface area contributed by atoms with Crippen molar-refractivity contribution in [2.75, 3.05) is 20.8 Å². The highest BCUT2D eigenvalue weighted by molar-refractivity contribution is 5.91. The first-order valence-electron chi connectivity index (χ1n) is 6.40. The molecule has 102 valence electrons. The van der Waals surface area contributed by atoms with Gasteiger partial charge in [-0.2, -0.15) is 0 Å². The molecule has 1 aromatic carbocycles. The fourth-order valence-electron chi connectivity index (χ4n) is 1.72. The van der Waals surface area contributed by atoms with Crippen LogP contribution < -0.4 is 14.8 Å². The molecule has 1 N–H and O–H groups in total. The molecular weight excluding hydrogens is 242 g/mol. The van der Waals surface area contributed by atoms with Crippen LogP contribution in [0.15, 0.2) is 24.3 Å². The average molecular weight is 261 g/mol. The van der Waals surface area contributed by atoms with Crippen molar-refractivity contribution in [3.05, 3.63) is 29.8 Å². The lowest BCUT2D eigenvalue weighted by Gasteiger charge is -2.05. The first kappa shape index (κ1) is 13.5. The van der Waals surface area contributed by atoms with E-state index in [9.17, 15) is 4.79 Å². The van der Waals surface area contributed by atoms with Gasteiger partial charge in [-0.1, -0.05) is 0 Å². The number of hydrogen-bond acceptors (Lipinski definition) is 3. The largest absolute Gasteiger partial charge is 0.497 e. The summed E-state index contributed by atoms with van der Waals surface area (Å²) in [4.78, 5) is 11.6. The summed E-state index contributed by atoms with van der Waals surface area (Å²) in [6.07, 6.45) is 5.76. The zero-order valence-electron chi connectivity index (χ0n) is 11.3. The number of methoxy groups -OCH3 is 2. The Morgan fingerprint density at radius 2 is 1.89 bits per heavy atom. The zero-order valence-corrected chi connectivity index (χ0v) is 11.3. The van der Waals surface area contributed by atoms with Crippen LogP contribution in [0.1, 0.15) is 18.4 Å². The molecule has 0 unspecified atom stereocenters. The molecule has 0 aromatic heterocycles. The van der Waals surface area contributed by atoms with Crippen molar-refractivity contribution in [3.63, 3.8) is 0 Å². The van der Waals surface area contributed by atoms with E-state index in [0.717, 1.165) is 12.1 Å². The normalized spacial score (nSPS) is 14.4.